The Bertz CT molecular complexity index is 887. The van der Waals surface area contributed by atoms with Crippen molar-refractivity contribution in [1.82, 2.24) is 10.5 Å². The Balaban J connectivity index is 1.52. The average Bonchev–Trinajstić information content (AvgIpc) is 3.14. The van der Waals surface area contributed by atoms with Gasteiger partial charge in [0, 0.05) is 5.92 Å². The minimum Gasteiger partial charge on any atom is -0.459 e. The van der Waals surface area contributed by atoms with Crippen molar-refractivity contribution in [2.75, 3.05) is 13.1 Å². The van der Waals surface area contributed by atoms with Crippen LogP contribution in [0, 0.1) is 5.92 Å². The molecule has 1 aliphatic heterocycles. The molecular formula is C21H22N2O4. The van der Waals surface area contributed by atoms with Gasteiger partial charge in [0.05, 0.1) is 5.39 Å². The lowest BCUT2D eigenvalue weighted by Crippen LogP contribution is -2.42. The summed E-state index contributed by atoms with van der Waals surface area (Å²) in [6.07, 6.45) is 0.992. The quantitative estimate of drug-likeness (QED) is 0.675. The van der Waals surface area contributed by atoms with Gasteiger partial charge in [-0.25, -0.2) is 4.79 Å². The molecule has 2 heterocycles. The second kappa shape index (κ2) is 8.22. The molecule has 1 aliphatic rings. The Kier molecular flexibility index (Phi) is 5.34. The van der Waals surface area contributed by atoms with Crippen LogP contribution in [0.2, 0.25) is 0 Å². The molecule has 140 valence electrons. The molecule has 1 fully saturated rings. The summed E-state index contributed by atoms with van der Waals surface area (Å²) >= 11 is 0. The maximum Gasteiger partial charge on any atom is 0.348 e. The molecule has 0 bridgehead atoms. The number of nitrogens with one attached hydrogen (secondary N) is 1. The number of esters is 1. The van der Waals surface area contributed by atoms with Crippen LogP contribution >= 0.6 is 0 Å². The van der Waals surface area contributed by atoms with Crippen LogP contribution in [-0.4, -0.2) is 30.3 Å². The summed E-state index contributed by atoms with van der Waals surface area (Å²) < 4.78 is 16.9. The van der Waals surface area contributed by atoms with Crippen LogP contribution in [-0.2, 0) is 16.1 Å². The van der Waals surface area contributed by atoms with Crippen LogP contribution < -0.4 is 10.1 Å². The lowest BCUT2D eigenvalue weighted by molar-refractivity contribution is -0.156. The van der Waals surface area contributed by atoms with Crippen LogP contribution in [0.5, 0.6) is 5.88 Å². The predicted octanol–water partition coefficient (Wildman–Crippen LogP) is 3.32. The van der Waals surface area contributed by atoms with E-state index in [1.807, 2.05) is 54.6 Å². The first kappa shape index (κ1) is 17.5. The van der Waals surface area contributed by atoms with E-state index in [9.17, 15) is 4.79 Å². The lowest BCUT2D eigenvalue weighted by Gasteiger charge is -2.28. The van der Waals surface area contributed by atoms with E-state index in [2.05, 4.69) is 10.5 Å². The van der Waals surface area contributed by atoms with Crippen molar-refractivity contribution in [3.8, 4) is 5.88 Å². The number of aromatic nitrogens is 1. The molecule has 6 nitrogen and oxygen atoms in total. The van der Waals surface area contributed by atoms with Crippen molar-refractivity contribution in [3.05, 3.63) is 60.2 Å². The van der Waals surface area contributed by atoms with Crippen LogP contribution in [0.4, 0.5) is 0 Å². The summed E-state index contributed by atoms with van der Waals surface area (Å²) in [6, 6.07) is 17.1. The van der Waals surface area contributed by atoms with Crippen molar-refractivity contribution in [2.45, 2.75) is 25.6 Å². The molecule has 0 spiro atoms. The fourth-order valence-corrected chi connectivity index (χ4v) is 3.36. The van der Waals surface area contributed by atoms with E-state index in [1.54, 1.807) is 0 Å². The number of para-hydroxylation sites is 1. The number of ether oxygens (including phenoxy) is 2. The van der Waals surface area contributed by atoms with E-state index in [-0.39, 0.29) is 18.5 Å². The van der Waals surface area contributed by atoms with Gasteiger partial charge in [0.15, 0.2) is 5.58 Å². The van der Waals surface area contributed by atoms with Crippen molar-refractivity contribution >= 4 is 16.9 Å². The van der Waals surface area contributed by atoms with E-state index in [1.165, 1.54) is 0 Å². The number of rotatable bonds is 6. The molecule has 0 aliphatic carbocycles. The molecule has 6 heteroatoms. The van der Waals surface area contributed by atoms with Gasteiger partial charge in [-0.05, 0) is 48.8 Å². The highest BCUT2D eigenvalue weighted by atomic mass is 16.6. The average molecular weight is 366 g/mol. The number of benzene rings is 2. The number of carbonyl (C=O) groups is 1. The van der Waals surface area contributed by atoms with Gasteiger partial charge in [0.1, 0.15) is 6.61 Å². The summed E-state index contributed by atoms with van der Waals surface area (Å²) in [5.41, 5.74) is 1.58. The highest BCUT2D eigenvalue weighted by Crippen LogP contribution is 2.29. The predicted molar refractivity (Wildman–Crippen MR) is 100 cm³/mol. The number of piperidine rings is 1. The van der Waals surface area contributed by atoms with Gasteiger partial charge in [-0.1, -0.05) is 42.5 Å². The molecule has 1 unspecified atom stereocenters. The maximum atomic E-state index is 12.9. The van der Waals surface area contributed by atoms with Gasteiger partial charge in [0.25, 0.3) is 5.88 Å². The van der Waals surface area contributed by atoms with Gasteiger partial charge in [-0.3, -0.25) is 0 Å². The van der Waals surface area contributed by atoms with Crippen molar-refractivity contribution in [2.24, 2.45) is 5.92 Å². The van der Waals surface area contributed by atoms with Crippen LogP contribution in [0.3, 0.4) is 0 Å². The standard InChI is InChI=1S/C21H22N2O4/c24-21(25-14-15-6-2-1-3-7-15)19(16-10-12-22-13-11-16)26-20-17-8-4-5-9-18(17)27-23-20/h1-9,16,19,22H,10-14H2. The molecule has 0 amide bonds. The zero-order valence-corrected chi connectivity index (χ0v) is 15.0. The molecule has 1 N–H and O–H groups in total. The fraction of sp³-hybridized carbons (Fsp3) is 0.333. The number of hydrogen-bond acceptors (Lipinski definition) is 6. The molecule has 4 rings (SSSR count). The summed E-state index contributed by atoms with van der Waals surface area (Å²) in [5.74, 6) is 0.0496. The Labute approximate surface area is 157 Å². The third-order valence-electron chi connectivity index (χ3n) is 4.85. The Morgan fingerprint density at radius 1 is 1.11 bits per heavy atom. The Morgan fingerprint density at radius 2 is 1.85 bits per heavy atom. The molecule has 0 radical (unpaired) electrons. The van der Waals surface area contributed by atoms with Crippen molar-refractivity contribution in [1.29, 1.82) is 0 Å². The topological polar surface area (TPSA) is 73.6 Å². The van der Waals surface area contributed by atoms with Gasteiger partial charge in [-0.15, -0.1) is 0 Å². The van der Waals surface area contributed by atoms with Crippen molar-refractivity contribution in [3.63, 3.8) is 0 Å². The minimum absolute atomic E-state index is 0.0741. The van der Waals surface area contributed by atoms with E-state index in [4.69, 9.17) is 14.0 Å². The number of hydrogen-bond donors (Lipinski definition) is 1. The van der Waals surface area contributed by atoms with Crippen molar-refractivity contribution < 1.29 is 18.8 Å². The highest BCUT2D eigenvalue weighted by Gasteiger charge is 2.34. The SMILES string of the molecule is O=C(OCc1ccccc1)C(Oc1noc2ccccc12)C1CCNCC1. The zero-order chi connectivity index (χ0) is 18.5. The normalized spacial score (nSPS) is 16.1. The first-order valence-corrected chi connectivity index (χ1v) is 9.23. The number of carbonyl (C=O) groups excluding carboxylic acids is 1. The largest absolute Gasteiger partial charge is 0.459 e. The van der Waals surface area contributed by atoms with Crippen LogP contribution in [0.25, 0.3) is 11.0 Å². The third-order valence-corrected chi connectivity index (χ3v) is 4.85. The molecule has 2 aromatic carbocycles. The zero-order valence-electron chi connectivity index (χ0n) is 15.0. The molecule has 1 atom stereocenters. The summed E-state index contributed by atoms with van der Waals surface area (Å²) in [4.78, 5) is 12.9. The van der Waals surface area contributed by atoms with E-state index < -0.39 is 6.10 Å². The van der Waals surface area contributed by atoms with Gasteiger partial charge in [-0.2, -0.15) is 0 Å². The second-order valence-electron chi connectivity index (χ2n) is 6.70. The van der Waals surface area contributed by atoms with E-state index in [0.717, 1.165) is 36.9 Å². The smallest absolute Gasteiger partial charge is 0.348 e. The van der Waals surface area contributed by atoms with E-state index in [0.29, 0.717) is 11.5 Å². The van der Waals surface area contributed by atoms with Gasteiger partial charge in [0.2, 0.25) is 6.10 Å². The van der Waals surface area contributed by atoms with Crippen LogP contribution in [0.1, 0.15) is 18.4 Å². The Hall–Kier alpha value is -2.86. The Morgan fingerprint density at radius 3 is 2.67 bits per heavy atom. The van der Waals surface area contributed by atoms with Gasteiger partial charge >= 0.3 is 5.97 Å². The summed E-state index contributed by atoms with van der Waals surface area (Å²) in [7, 11) is 0. The second-order valence-corrected chi connectivity index (χ2v) is 6.70. The third kappa shape index (κ3) is 4.11. The molecule has 1 aromatic heterocycles. The molecular weight excluding hydrogens is 344 g/mol. The minimum atomic E-state index is -0.704. The molecule has 1 saturated heterocycles. The fourth-order valence-electron chi connectivity index (χ4n) is 3.36. The summed E-state index contributed by atoms with van der Waals surface area (Å²) in [5, 5.41) is 8.08. The highest BCUT2D eigenvalue weighted by molar-refractivity contribution is 5.83. The lowest BCUT2D eigenvalue weighted by atomic mass is 9.92. The number of nitrogens with zero attached hydrogens (tertiary/aromatic N) is 1. The van der Waals surface area contributed by atoms with Gasteiger partial charge < -0.3 is 19.3 Å². The molecule has 3 aromatic rings. The monoisotopic (exact) mass is 366 g/mol. The first-order chi connectivity index (χ1) is 13.3. The maximum absolute atomic E-state index is 12.9. The first-order valence-electron chi connectivity index (χ1n) is 9.23. The van der Waals surface area contributed by atoms with E-state index >= 15 is 0 Å². The summed E-state index contributed by atoms with van der Waals surface area (Å²) in [6.45, 7) is 1.94. The van der Waals surface area contributed by atoms with Crippen LogP contribution in [0.15, 0.2) is 59.1 Å². The molecule has 0 saturated carbocycles. The molecule has 27 heavy (non-hydrogen) atoms. The number of fused-ring (bicyclic) bond motifs is 1.